The molecule has 0 bridgehead atoms. The monoisotopic (exact) mass is 340 g/mol. The van der Waals surface area contributed by atoms with E-state index < -0.39 is 0 Å². The fraction of sp³-hybridized carbons (Fsp3) is 0.611. The minimum Gasteiger partial charge on any atom is -0.396 e. The second-order valence-corrected chi connectivity index (χ2v) is 6.62. The van der Waals surface area contributed by atoms with E-state index >= 15 is 0 Å². The predicted octanol–water partition coefficient (Wildman–Crippen LogP) is 2.80. The van der Waals surface area contributed by atoms with Crippen LogP contribution >= 0.6 is 12.4 Å². The van der Waals surface area contributed by atoms with Gasteiger partial charge in [0.2, 0.25) is 5.91 Å². The normalized spacial score (nSPS) is 18.7. The van der Waals surface area contributed by atoms with Gasteiger partial charge in [-0.2, -0.15) is 0 Å². The molecule has 0 aliphatic heterocycles. The second kappa shape index (κ2) is 9.26. The molecule has 130 valence electrons. The molecule has 4 N–H and O–H groups in total. The first kappa shape index (κ1) is 19.9. The molecule has 1 aromatic rings. The predicted molar refractivity (Wildman–Crippen MR) is 95.4 cm³/mol. The Morgan fingerprint density at radius 2 is 1.91 bits per heavy atom. The number of carbonyl (C=O) groups excluding carboxylic acids is 1. The maximum Gasteiger partial charge on any atom is 0.224 e. The lowest BCUT2D eigenvalue weighted by Gasteiger charge is -2.30. The Morgan fingerprint density at radius 3 is 2.48 bits per heavy atom. The minimum atomic E-state index is -0.293. The third-order valence-corrected chi connectivity index (χ3v) is 5.08. The van der Waals surface area contributed by atoms with E-state index in [1.807, 2.05) is 37.3 Å². The molecule has 2 unspecified atom stereocenters. The van der Waals surface area contributed by atoms with Crippen LogP contribution in [-0.2, 0) is 4.79 Å². The van der Waals surface area contributed by atoms with E-state index in [1.165, 1.54) is 12.8 Å². The molecule has 5 heteroatoms. The molecule has 0 heterocycles. The fourth-order valence-corrected chi connectivity index (χ4v) is 3.44. The van der Waals surface area contributed by atoms with Crippen molar-refractivity contribution >= 4 is 18.3 Å². The Hall–Kier alpha value is -1.10. The lowest BCUT2D eigenvalue weighted by atomic mass is 9.82. The van der Waals surface area contributed by atoms with Gasteiger partial charge in [-0.05, 0) is 30.2 Å². The highest BCUT2D eigenvalue weighted by Gasteiger charge is 2.34. The van der Waals surface area contributed by atoms with Gasteiger partial charge in [-0.15, -0.1) is 12.4 Å². The minimum absolute atomic E-state index is 0. The van der Waals surface area contributed by atoms with E-state index in [2.05, 4.69) is 5.32 Å². The van der Waals surface area contributed by atoms with Crippen molar-refractivity contribution in [2.75, 3.05) is 13.2 Å². The summed E-state index contributed by atoms with van der Waals surface area (Å²) in [6.45, 7) is 2.72. The maximum absolute atomic E-state index is 12.4. The molecule has 0 radical (unpaired) electrons. The van der Waals surface area contributed by atoms with E-state index in [-0.39, 0.29) is 42.3 Å². The first-order valence-electron chi connectivity index (χ1n) is 8.27. The Labute approximate surface area is 145 Å². The standard InChI is InChI=1S/C18H28N2O2.ClH/c1-14(16(19)15-7-3-2-4-8-15)17(22)20-13-18(11-12-21)9-5-6-10-18;/h2-4,7-8,14,16,21H,5-6,9-13,19H2,1H3,(H,20,22);1H. The van der Waals surface area contributed by atoms with E-state index in [0.717, 1.165) is 24.8 Å². The van der Waals surface area contributed by atoms with Crippen molar-refractivity contribution in [3.8, 4) is 0 Å². The molecule has 1 aromatic carbocycles. The Morgan fingerprint density at radius 1 is 1.30 bits per heavy atom. The summed E-state index contributed by atoms with van der Waals surface area (Å²) in [6.07, 6.45) is 5.33. The van der Waals surface area contributed by atoms with Gasteiger partial charge in [-0.1, -0.05) is 50.1 Å². The summed E-state index contributed by atoms with van der Waals surface area (Å²) in [6, 6.07) is 9.44. The van der Waals surface area contributed by atoms with E-state index in [4.69, 9.17) is 5.73 Å². The van der Waals surface area contributed by atoms with Crippen LogP contribution in [0.4, 0.5) is 0 Å². The highest BCUT2D eigenvalue weighted by atomic mass is 35.5. The molecule has 4 nitrogen and oxygen atoms in total. The van der Waals surface area contributed by atoms with Crippen LogP contribution in [0.5, 0.6) is 0 Å². The summed E-state index contributed by atoms with van der Waals surface area (Å²) in [5.41, 5.74) is 7.28. The molecule has 1 aliphatic rings. The number of carbonyl (C=O) groups is 1. The lowest BCUT2D eigenvalue weighted by Crippen LogP contribution is -2.41. The zero-order valence-electron chi connectivity index (χ0n) is 13.8. The van der Waals surface area contributed by atoms with E-state index in [0.29, 0.717) is 6.54 Å². The Balaban J connectivity index is 0.00000264. The summed E-state index contributed by atoms with van der Waals surface area (Å²) in [5.74, 6) is -0.268. The SMILES string of the molecule is CC(C(=O)NCC1(CCO)CCCC1)C(N)c1ccccc1.Cl. The Bertz CT molecular complexity index is 475. The van der Waals surface area contributed by atoms with Crippen molar-refractivity contribution in [2.45, 2.75) is 45.1 Å². The van der Waals surface area contributed by atoms with E-state index in [9.17, 15) is 9.90 Å². The molecule has 0 aromatic heterocycles. The molecule has 0 saturated heterocycles. The van der Waals surface area contributed by atoms with Gasteiger partial charge >= 0.3 is 0 Å². The van der Waals surface area contributed by atoms with Crippen LogP contribution in [-0.4, -0.2) is 24.2 Å². The van der Waals surface area contributed by atoms with Gasteiger partial charge in [-0.3, -0.25) is 4.79 Å². The molecule has 1 aliphatic carbocycles. The van der Waals surface area contributed by atoms with Crippen LogP contribution in [0.2, 0.25) is 0 Å². The first-order chi connectivity index (χ1) is 10.6. The molecule has 23 heavy (non-hydrogen) atoms. The van der Waals surface area contributed by atoms with Gasteiger partial charge < -0.3 is 16.2 Å². The number of aliphatic hydroxyl groups is 1. The fourth-order valence-electron chi connectivity index (χ4n) is 3.44. The van der Waals surface area contributed by atoms with Crippen LogP contribution in [0.3, 0.4) is 0 Å². The number of hydrogen-bond acceptors (Lipinski definition) is 3. The van der Waals surface area contributed by atoms with Crippen molar-refractivity contribution in [1.82, 2.24) is 5.32 Å². The third-order valence-electron chi connectivity index (χ3n) is 5.08. The van der Waals surface area contributed by atoms with Crippen LogP contribution in [0.25, 0.3) is 0 Å². The number of benzene rings is 1. The molecule has 0 spiro atoms. The molecule has 1 saturated carbocycles. The maximum atomic E-state index is 12.4. The third kappa shape index (κ3) is 5.20. The summed E-state index contributed by atoms with van der Waals surface area (Å²) in [5, 5.41) is 12.3. The van der Waals surface area contributed by atoms with E-state index in [1.54, 1.807) is 0 Å². The number of amides is 1. The summed E-state index contributed by atoms with van der Waals surface area (Å²) >= 11 is 0. The first-order valence-corrected chi connectivity index (χ1v) is 8.27. The molecule has 2 atom stereocenters. The summed E-state index contributed by atoms with van der Waals surface area (Å²) < 4.78 is 0. The van der Waals surface area contributed by atoms with Crippen LogP contribution in [0, 0.1) is 11.3 Å². The van der Waals surface area contributed by atoms with Crippen LogP contribution in [0.15, 0.2) is 30.3 Å². The molecular formula is C18H29ClN2O2. The van der Waals surface area contributed by atoms with Crippen molar-refractivity contribution in [3.63, 3.8) is 0 Å². The van der Waals surface area contributed by atoms with Crippen molar-refractivity contribution in [1.29, 1.82) is 0 Å². The summed E-state index contributed by atoms with van der Waals surface area (Å²) in [4.78, 5) is 12.4. The van der Waals surface area contributed by atoms with Crippen molar-refractivity contribution in [3.05, 3.63) is 35.9 Å². The van der Waals surface area contributed by atoms with Gasteiger partial charge in [0.1, 0.15) is 0 Å². The molecular weight excluding hydrogens is 312 g/mol. The van der Waals surface area contributed by atoms with Crippen LogP contribution < -0.4 is 11.1 Å². The van der Waals surface area contributed by atoms with Gasteiger partial charge in [0, 0.05) is 19.2 Å². The van der Waals surface area contributed by atoms with Gasteiger partial charge in [0.25, 0.3) is 0 Å². The number of rotatable bonds is 7. The van der Waals surface area contributed by atoms with Crippen molar-refractivity contribution < 1.29 is 9.90 Å². The molecule has 2 rings (SSSR count). The van der Waals surface area contributed by atoms with Crippen molar-refractivity contribution in [2.24, 2.45) is 17.1 Å². The Kier molecular flexibility index (Phi) is 8.03. The highest BCUT2D eigenvalue weighted by Crippen LogP contribution is 2.40. The van der Waals surface area contributed by atoms with Gasteiger partial charge in [0.15, 0.2) is 0 Å². The lowest BCUT2D eigenvalue weighted by molar-refractivity contribution is -0.125. The average Bonchev–Trinajstić information content (AvgIpc) is 3.01. The highest BCUT2D eigenvalue weighted by molar-refractivity contribution is 5.85. The molecule has 1 fully saturated rings. The summed E-state index contributed by atoms with van der Waals surface area (Å²) in [7, 11) is 0. The zero-order valence-corrected chi connectivity index (χ0v) is 14.6. The van der Waals surface area contributed by atoms with Gasteiger partial charge in [-0.25, -0.2) is 0 Å². The smallest absolute Gasteiger partial charge is 0.224 e. The van der Waals surface area contributed by atoms with Crippen LogP contribution in [0.1, 0.15) is 50.6 Å². The average molecular weight is 341 g/mol. The number of halogens is 1. The quantitative estimate of drug-likeness (QED) is 0.714. The number of aliphatic hydroxyl groups excluding tert-OH is 1. The number of nitrogens with one attached hydrogen (secondary N) is 1. The number of nitrogens with two attached hydrogens (primary N) is 1. The largest absolute Gasteiger partial charge is 0.396 e. The van der Waals surface area contributed by atoms with Gasteiger partial charge in [0.05, 0.1) is 5.92 Å². The number of hydrogen-bond donors (Lipinski definition) is 3. The topological polar surface area (TPSA) is 75.3 Å². The molecule has 1 amide bonds. The second-order valence-electron chi connectivity index (χ2n) is 6.62. The zero-order chi connectivity index (χ0) is 16.0.